The fraction of sp³-hybridized carbons (Fsp3) is 0.316. The summed E-state index contributed by atoms with van der Waals surface area (Å²) < 4.78 is 18.8. The summed E-state index contributed by atoms with van der Waals surface area (Å²) in [6, 6.07) is 0.969. The van der Waals surface area contributed by atoms with Crippen LogP contribution in [0.2, 0.25) is 0 Å². The summed E-state index contributed by atoms with van der Waals surface area (Å²) >= 11 is 2.34. The molecule has 2 amide bonds. The van der Waals surface area contributed by atoms with Crippen LogP contribution in [0.25, 0.3) is 0 Å². The van der Waals surface area contributed by atoms with Gasteiger partial charge in [-0.15, -0.1) is 22.0 Å². The van der Waals surface area contributed by atoms with Crippen molar-refractivity contribution < 1.29 is 38.5 Å². The lowest BCUT2D eigenvalue weighted by molar-refractivity contribution is -0.150. The molecule has 2 aliphatic heterocycles. The van der Waals surface area contributed by atoms with Gasteiger partial charge in [-0.05, 0) is 23.3 Å². The van der Waals surface area contributed by atoms with E-state index in [0.29, 0.717) is 5.57 Å². The Hall–Kier alpha value is -3.14. The van der Waals surface area contributed by atoms with Gasteiger partial charge in [-0.3, -0.25) is 14.5 Å². The fourth-order valence-electron chi connectivity index (χ4n) is 3.41. The Bertz CT molecular complexity index is 1190. The van der Waals surface area contributed by atoms with Crippen LogP contribution in [-0.4, -0.2) is 71.1 Å². The van der Waals surface area contributed by atoms with Gasteiger partial charge >= 0.3 is 5.97 Å². The van der Waals surface area contributed by atoms with Crippen LogP contribution in [0.15, 0.2) is 39.1 Å². The maximum absolute atomic E-state index is 13.6. The molecule has 12 nitrogen and oxygen atoms in total. The molecular formula is C19H18FN5O7S2. The first-order valence-electron chi connectivity index (χ1n) is 9.71. The average Bonchev–Trinajstić information content (AvgIpc) is 3.29. The largest absolute Gasteiger partial charge is 0.505 e. The highest BCUT2D eigenvalue weighted by Gasteiger charge is 2.54. The molecule has 34 heavy (non-hydrogen) atoms. The number of thioether (sulfide) groups is 2. The Morgan fingerprint density at radius 2 is 2.18 bits per heavy atom. The Labute approximate surface area is 199 Å². The van der Waals surface area contributed by atoms with E-state index in [2.05, 4.69) is 15.5 Å². The van der Waals surface area contributed by atoms with Gasteiger partial charge < -0.3 is 30.8 Å². The molecule has 15 heteroatoms. The molecule has 3 atom stereocenters. The summed E-state index contributed by atoms with van der Waals surface area (Å²) in [4.78, 5) is 38.3. The van der Waals surface area contributed by atoms with Crippen molar-refractivity contribution in [2.24, 2.45) is 5.73 Å². The molecule has 2 aliphatic rings. The standard InChI is InChI=1S/C19H18FN5O7S2/c20-9-3-7(1-2-10(9)27)12(21)15(28)22-13-16(29)25-14(18(30)31)8(5-33-17(13)25)6-34-19-24-23-11(4-26)32-19/h1-3,12-13,17,26-27H,4-6,21H2,(H,22,28)(H,30,31)/t12?,13?,17-/m0/s1. The highest BCUT2D eigenvalue weighted by Crippen LogP contribution is 2.41. The van der Waals surface area contributed by atoms with Gasteiger partial charge in [0.2, 0.25) is 11.8 Å². The van der Waals surface area contributed by atoms with Gasteiger partial charge in [0.05, 0.1) is 0 Å². The van der Waals surface area contributed by atoms with Crippen LogP contribution in [-0.2, 0) is 21.0 Å². The Kier molecular flexibility index (Phi) is 6.79. The van der Waals surface area contributed by atoms with Gasteiger partial charge in [0.1, 0.15) is 29.8 Å². The second-order valence-electron chi connectivity index (χ2n) is 7.25. The summed E-state index contributed by atoms with van der Waals surface area (Å²) in [5.41, 5.74) is 6.24. The molecule has 6 N–H and O–H groups in total. The zero-order valence-corrected chi connectivity index (χ0v) is 18.8. The summed E-state index contributed by atoms with van der Waals surface area (Å²) in [5.74, 6) is -3.73. The van der Waals surface area contributed by atoms with Crippen molar-refractivity contribution in [2.45, 2.75) is 29.3 Å². The number of amides is 2. The van der Waals surface area contributed by atoms with Crippen molar-refractivity contribution in [3.63, 3.8) is 0 Å². The number of hydrogen-bond donors (Lipinski definition) is 5. The molecule has 0 bridgehead atoms. The molecule has 0 radical (unpaired) electrons. The van der Waals surface area contributed by atoms with Crippen LogP contribution in [0, 0.1) is 5.82 Å². The zero-order chi connectivity index (χ0) is 24.6. The molecule has 2 unspecified atom stereocenters. The summed E-state index contributed by atoms with van der Waals surface area (Å²) in [6.45, 7) is -0.422. The van der Waals surface area contributed by atoms with E-state index in [1.165, 1.54) is 17.8 Å². The molecular weight excluding hydrogens is 493 g/mol. The minimum atomic E-state index is -1.30. The normalized spacial score (nSPS) is 20.6. The summed E-state index contributed by atoms with van der Waals surface area (Å²) in [6.07, 6.45) is 0. The van der Waals surface area contributed by atoms with Crippen LogP contribution in [0.1, 0.15) is 17.5 Å². The smallest absolute Gasteiger partial charge is 0.352 e. The number of aliphatic hydroxyl groups is 1. The average molecular weight is 512 g/mol. The van der Waals surface area contributed by atoms with Crippen LogP contribution in [0.4, 0.5) is 4.39 Å². The molecule has 1 saturated heterocycles. The summed E-state index contributed by atoms with van der Waals surface area (Å²) in [7, 11) is 0. The molecule has 0 saturated carbocycles. The van der Waals surface area contributed by atoms with E-state index in [1.54, 1.807) is 0 Å². The predicted octanol–water partition coefficient (Wildman–Crippen LogP) is -0.0627. The number of halogens is 1. The first kappa shape index (κ1) is 24.0. The number of carbonyl (C=O) groups is 3. The number of phenolic OH excluding ortho intramolecular Hbond substituents is 1. The number of phenols is 1. The van der Waals surface area contributed by atoms with Crippen molar-refractivity contribution in [3.05, 3.63) is 46.7 Å². The summed E-state index contributed by atoms with van der Waals surface area (Å²) in [5, 5.41) is 37.3. The van der Waals surface area contributed by atoms with Gasteiger partial charge in [0, 0.05) is 11.5 Å². The zero-order valence-electron chi connectivity index (χ0n) is 17.2. The molecule has 1 aromatic heterocycles. The van der Waals surface area contributed by atoms with E-state index in [-0.39, 0.29) is 33.9 Å². The molecule has 1 aromatic carbocycles. The number of benzene rings is 1. The first-order chi connectivity index (χ1) is 16.2. The third-order valence-electron chi connectivity index (χ3n) is 5.11. The highest BCUT2D eigenvalue weighted by molar-refractivity contribution is 8.01. The molecule has 0 aliphatic carbocycles. The molecule has 4 rings (SSSR count). The monoisotopic (exact) mass is 511 g/mol. The quantitative estimate of drug-likeness (QED) is 0.235. The van der Waals surface area contributed by atoms with Crippen molar-refractivity contribution in [1.82, 2.24) is 20.4 Å². The van der Waals surface area contributed by atoms with Crippen molar-refractivity contribution in [1.29, 1.82) is 0 Å². The van der Waals surface area contributed by atoms with Crippen LogP contribution in [0.3, 0.4) is 0 Å². The number of carboxylic acids is 1. The fourth-order valence-corrected chi connectivity index (χ4v) is 5.68. The van der Waals surface area contributed by atoms with Crippen LogP contribution in [0.5, 0.6) is 5.75 Å². The van der Waals surface area contributed by atoms with Gasteiger partial charge in [-0.1, -0.05) is 17.8 Å². The topological polar surface area (TPSA) is 192 Å². The number of aromatic nitrogens is 2. The van der Waals surface area contributed by atoms with Crippen LogP contribution >= 0.6 is 23.5 Å². The number of aromatic hydroxyl groups is 1. The van der Waals surface area contributed by atoms with E-state index in [1.807, 2.05) is 0 Å². The number of carboxylic acid groups (broad SMARTS) is 1. The molecule has 3 heterocycles. The van der Waals surface area contributed by atoms with E-state index in [4.69, 9.17) is 15.3 Å². The number of nitrogens with two attached hydrogens (primary N) is 1. The molecule has 2 aromatic rings. The second-order valence-corrected chi connectivity index (χ2v) is 9.28. The Morgan fingerprint density at radius 1 is 1.41 bits per heavy atom. The number of nitrogens with one attached hydrogen (secondary N) is 1. The molecule has 0 spiro atoms. The maximum atomic E-state index is 13.6. The number of carbonyl (C=O) groups excluding carboxylic acids is 2. The number of hydrogen-bond acceptors (Lipinski definition) is 11. The lowest BCUT2D eigenvalue weighted by Crippen LogP contribution is -2.71. The Balaban J connectivity index is 1.44. The number of nitrogens with zero attached hydrogens (tertiary/aromatic N) is 3. The SMILES string of the molecule is NC(C(=O)NC1C(=O)N2C(C(=O)O)=C(CSc3nnc(CO)o3)CS[C@@H]12)c1ccc(O)c(F)c1. The van der Waals surface area contributed by atoms with Gasteiger partial charge in [0.25, 0.3) is 11.1 Å². The van der Waals surface area contributed by atoms with Gasteiger partial charge in [-0.25, -0.2) is 9.18 Å². The number of aliphatic carboxylic acids is 1. The lowest BCUT2D eigenvalue weighted by atomic mass is 10.0. The van der Waals surface area contributed by atoms with Crippen molar-refractivity contribution >= 4 is 41.3 Å². The third kappa shape index (κ3) is 4.46. The minimum Gasteiger partial charge on any atom is -0.505 e. The molecule has 180 valence electrons. The van der Waals surface area contributed by atoms with Crippen molar-refractivity contribution in [3.8, 4) is 5.75 Å². The van der Waals surface area contributed by atoms with E-state index in [9.17, 15) is 29.0 Å². The van der Waals surface area contributed by atoms with E-state index >= 15 is 0 Å². The number of β-lactam (4-membered cyclic amide) rings is 1. The third-order valence-corrected chi connectivity index (χ3v) is 7.36. The highest BCUT2D eigenvalue weighted by atomic mass is 32.2. The van der Waals surface area contributed by atoms with E-state index in [0.717, 1.165) is 28.8 Å². The maximum Gasteiger partial charge on any atom is 0.352 e. The minimum absolute atomic E-state index is 0.0257. The van der Waals surface area contributed by atoms with Crippen molar-refractivity contribution in [2.75, 3.05) is 11.5 Å². The van der Waals surface area contributed by atoms with E-state index < -0.39 is 53.4 Å². The predicted molar refractivity (Wildman–Crippen MR) is 116 cm³/mol. The number of rotatable bonds is 8. The van der Waals surface area contributed by atoms with Crippen LogP contribution < -0.4 is 11.1 Å². The second kappa shape index (κ2) is 9.61. The molecule has 1 fully saturated rings. The first-order valence-corrected chi connectivity index (χ1v) is 11.7. The van der Waals surface area contributed by atoms with Gasteiger partial charge in [0.15, 0.2) is 11.6 Å². The lowest BCUT2D eigenvalue weighted by Gasteiger charge is -2.49. The van der Waals surface area contributed by atoms with Gasteiger partial charge in [-0.2, -0.15) is 0 Å². The number of aliphatic hydroxyl groups excluding tert-OH is 1. The number of fused-ring (bicyclic) bond motifs is 1. The Morgan fingerprint density at radius 3 is 2.82 bits per heavy atom.